The molecule has 0 atom stereocenters. The molecular formula is C12H21N3O3. The standard InChI is InChI=1S/C12H21N3O3/c1-8-13-10(18-15-8)7-6-9(16)14-11(2,3)12(4,5)17/h17H,6-7H2,1-5H3,(H,14,16). The molecule has 0 aliphatic rings. The lowest BCUT2D eigenvalue weighted by atomic mass is 9.86. The van der Waals surface area contributed by atoms with Crippen LogP contribution in [-0.2, 0) is 11.2 Å². The van der Waals surface area contributed by atoms with Gasteiger partial charge in [0, 0.05) is 12.8 Å². The Morgan fingerprint density at radius 3 is 2.44 bits per heavy atom. The van der Waals surface area contributed by atoms with Crippen molar-refractivity contribution in [3.63, 3.8) is 0 Å². The molecule has 1 aromatic heterocycles. The zero-order valence-corrected chi connectivity index (χ0v) is 11.6. The van der Waals surface area contributed by atoms with Crippen LogP contribution in [0.4, 0.5) is 0 Å². The summed E-state index contributed by atoms with van der Waals surface area (Å²) in [4.78, 5) is 15.8. The van der Waals surface area contributed by atoms with E-state index in [9.17, 15) is 9.90 Å². The van der Waals surface area contributed by atoms with Crippen molar-refractivity contribution < 1.29 is 14.4 Å². The molecule has 0 radical (unpaired) electrons. The summed E-state index contributed by atoms with van der Waals surface area (Å²) < 4.78 is 4.92. The lowest BCUT2D eigenvalue weighted by Gasteiger charge is -2.38. The Balaban J connectivity index is 2.48. The van der Waals surface area contributed by atoms with E-state index in [1.165, 1.54) is 0 Å². The molecular weight excluding hydrogens is 234 g/mol. The predicted molar refractivity (Wildman–Crippen MR) is 65.9 cm³/mol. The first-order valence-electron chi connectivity index (χ1n) is 5.94. The van der Waals surface area contributed by atoms with E-state index in [1.807, 2.05) is 0 Å². The van der Waals surface area contributed by atoms with Crippen molar-refractivity contribution in [1.82, 2.24) is 15.5 Å². The van der Waals surface area contributed by atoms with Gasteiger partial charge in [0.15, 0.2) is 5.82 Å². The van der Waals surface area contributed by atoms with Crippen LogP contribution in [0.15, 0.2) is 4.52 Å². The predicted octanol–water partition coefficient (Wildman–Crippen LogP) is 0.976. The second-order valence-corrected chi connectivity index (χ2v) is 5.47. The minimum absolute atomic E-state index is 0.155. The molecule has 0 unspecified atom stereocenters. The lowest BCUT2D eigenvalue weighted by Crippen LogP contribution is -2.57. The van der Waals surface area contributed by atoms with Crippen molar-refractivity contribution in [1.29, 1.82) is 0 Å². The average molecular weight is 255 g/mol. The van der Waals surface area contributed by atoms with E-state index in [4.69, 9.17) is 4.52 Å². The summed E-state index contributed by atoms with van der Waals surface area (Å²) in [5.74, 6) is 0.851. The average Bonchev–Trinajstić information content (AvgIpc) is 2.59. The second kappa shape index (κ2) is 5.06. The molecule has 1 amide bonds. The molecule has 1 aromatic rings. The van der Waals surface area contributed by atoms with Crippen LogP contribution in [0, 0.1) is 6.92 Å². The molecule has 0 bridgehead atoms. The van der Waals surface area contributed by atoms with Gasteiger partial charge in [-0.25, -0.2) is 0 Å². The number of nitrogens with one attached hydrogen (secondary N) is 1. The Morgan fingerprint density at radius 2 is 2.00 bits per heavy atom. The molecule has 102 valence electrons. The van der Waals surface area contributed by atoms with E-state index in [0.717, 1.165) is 0 Å². The van der Waals surface area contributed by atoms with Crippen molar-refractivity contribution in [2.24, 2.45) is 0 Å². The van der Waals surface area contributed by atoms with E-state index < -0.39 is 11.1 Å². The van der Waals surface area contributed by atoms with Crippen LogP contribution in [0.2, 0.25) is 0 Å². The largest absolute Gasteiger partial charge is 0.388 e. The molecule has 18 heavy (non-hydrogen) atoms. The summed E-state index contributed by atoms with van der Waals surface area (Å²) in [5.41, 5.74) is -1.70. The summed E-state index contributed by atoms with van der Waals surface area (Å²) in [6.07, 6.45) is 0.649. The number of rotatable bonds is 5. The van der Waals surface area contributed by atoms with Crippen molar-refractivity contribution in [3.8, 4) is 0 Å². The number of carbonyl (C=O) groups is 1. The Morgan fingerprint density at radius 1 is 1.39 bits per heavy atom. The van der Waals surface area contributed by atoms with Gasteiger partial charge in [0.1, 0.15) is 0 Å². The number of amides is 1. The molecule has 1 heterocycles. The van der Waals surface area contributed by atoms with Gasteiger partial charge in [0.2, 0.25) is 11.8 Å². The third-order valence-electron chi connectivity index (χ3n) is 3.12. The summed E-state index contributed by atoms with van der Waals surface area (Å²) in [6, 6.07) is 0. The molecule has 0 saturated carbocycles. The van der Waals surface area contributed by atoms with Crippen molar-refractivity contribution in [2.45, 2.75) is 58.6 Å². The minimum atomic E-state index is -0.996. The normalized spacial score (nSPS) is 12.6. The smallest absolute Gasteiger partial charge is 0.227 e. The van der Waals surface area contributed by atoms with Gasteiger partial charge in [-0.05, 0) is 34.6 Å². The summed E-state index contributed by atoms with van der Waals surface area (Å²) in [6.45, 7) is 8.61. The third kappa shape index (κ3) is 3.80. The molecule has 0 aliphatic carbocycles. The van der Waals surface area contributed by atoms with Crippen LogP contribution in [0.1, 0.15) is 45.8 Å². The first kappa shape index (κ1) is 14.6. The number of nitrogens with zero attached hydrogens (tertiary/aromatic N) is 2. The molecule has 6 heteroatoms. The number of hydrogen-bond acceptors (Lipinski definition) is 5. The fraction of sp³-hybridized carbons (Fsp3) is 0.750. The van der Waals surface area contributed by atoms with Crippen LogP contribution >= 0.6 is 0 Å². The van der Waals surface area contributed by atoms with Gasteiger partial charge < -0.3 is 14.9 Å². The zero-order valence-electron chi connectivity index (χ0n) is 11.6. The fourth-order valence-electron chi connectivity index (χ4n) is 1.23. The molecule has 1 rings (SSSR count). The van der Waals surface area contributed by atoms with E-state index in [-0.39, 0.29) is 12.3 Å². The topological polar surface area (TPSA) is 88.2 Å². The highest BCUT2D eigenvalue weighted by Crippen LogP contribution is 2.20. The maximum atomic E-state index is 11.8. The quantitative estimate of drug-likeness (QED) is 0.818. The maximum absolute atomic E-state index is 11.8. The molecule has 0 aromatic carbocycles. The SMILES string of the molecule is Cc1noc(CCC(=O)NC(C)(C)C(C)(C)O)n1. The Labute approximate surface area is 107 Å². The van der Waals surface area contributed by atoms with Crippen LogP contribution in [-0.4, -0.2) is 32.3 Å². The fourth-order valence-corrected chi connectivity index (χ4v) is 1.23. The van der Waals surface area contributed by atoms with Crippen molar-refractivity contribution >= 4 is 5.91 Å². The van der Waals surface area contributed by atoms with E-state index in [1.54, 1.807) is 34.6 Å². The van der Waals surface area contributed by atoms with Crippen molar-refractivity contribution in [2.75, 3.05) is 0 Å². The van der Waals surface area contributed by atoms with Crippen LogP contribution < -0.4 is 5.32 Å². The molecule has 0 fully saturated rings. The van der Waals surface area contributed by atoms with Gasteiger partial charge in [-0.3, -0.25) is 4.79 Å². The van der Waals surface area contributed by atoms with E-state index in [2.05, 4.69) is 15.5 Å². The highest BCUT2D eigenvalue weighted by atomic mass is 16.5. The van der Waals surface area contributed by atoms with Gasteiger partial charge in [-0.15, -0.1) is 0 Å². The monoisotopic (exact) mass is 255 g/mol. The zero-order chi connectivity index (χ0) is 14.0. The van der Waals surface area contributed by atoms with Crippen molar-refractivity contribution in [3.05, 3.63) is 11.7 Å². The minimum Gasteiger partial charge on any atom is -0.388 e. The number of aliphatic hydroxyl groups is 1. The van der Waals surface area contributed by atoms with Crippen LogP contribution in [0.3, 0.4) is 0 Å². The Hall–Kier alpha value is -1.43. The Bertz CT molecular complexity index is 418. The first-order chi connectivity index (χ1) is 8.12. The first-order valence-corrected chi connectivity index (χ1v) is 5.94. The summed E-state index contributed by atoms with van der Waals surface area (Å²) in [5, 5.41) is 16.4. The second-order valence-electron chi connectivity index (χ2n) is 5.47. The summed E-state index contributed by atoms with van der Waals surface area (Å²) >= 11 is 0. The number of carbonyl (C=O) groups excluding carboxylic acids is 1. The van der Waals surface area contributed by atoms with Gasteiger partial charge in [-0.2, -0.15) is 4.98 Å². The molecule has 2 N–H and O–H groups in total. The van der Waals surface area contributed by atoms with E-state index in [0.29, 0.717) is 18.1 Å². The highest BCUT2D eigenvalue weighted by molar-refractivity contribution is 5.77. The van der Waals surface area contributed by atoms with Crippen LogP contribution in [0.5, 0.6) is 0 Å². The lowest BCUT2D eigenvalue weighted by molar-refractivity contribution is -0.126. The van der Waals surface area contributed by atoms with Crippen LogP contribution in [0.25, 0.3) is 0 Å². The maximum Gasteiger partial charge on any atom is 0.227 e. The van der Waals surface area contributed by atoms with Gasteiger partial charge in [-0.1, -0.05) is 5.16 Å². The molecule has 0 spiro atoms. The van der Waals surface area contributed by atoms with Gasteiger partial charge in [0.25, 0.3) is 0 Å². The number of hydrogen-bond donors (Lipinski definition) is 2. The summed E-state index contributed by atoms with van der Waals surface area (Å²) in [7, 11) is 0. The number of aryl methyl sites for hydroxylation is 2. The van der Waals surface area contributed by atoms with E-state index >= 15 is 0 Å². The van der Waals surface area contributed by atoms with Gasteiger partial charge >= 0.3 is 0 Å². The molecule has 6 nitrogen and oxygen atoms in total. The van der Waals surface area contributed by atoms with Gasteiger partial charge in [0.05, 0.1) is 11.1 Å². The molecule has 0 aliphatic heterocycles. The third-order valence-corrected chi connectivity index (χ3v) is 3.12. The molecule has 0 saturated heterocycles. The highest BCUT2D eigenvalue weighted by Gasteiger charge is 2.36. The Kier molecular flexibility index (Phi) is 4.11. The number of aromatic nitrogens is 2.